The highest BCUT2D eigenvalue weighted by Gasteiger charge is 2.20. The van der Waals surface area contributed by atoms with Crippen molar-refractivity contribution in [1.29, 1.82) is 0 Å². The third-order valence-corrected chi connectivity index (χ3v) is 5.58. The lowest BCUT2D eigenvalue weighted by atomic mass is 10.2. The van der Waals surface area contributed by atoms with Crippen molar-refractivity contribution in [3.63, 3.8) is 0 Å². The average Bonchev–Trinajstić information content (AvgIpc) is 2.69. The van der Waals surface area contributed by atoms with Gasteiger partial charge in [-0.25, -0.2) is 0 Å². The number of amides is 1. The molecule has 1 heterocycles. The number of anilines is 1. The number of ether oxygens (including phenoxy) is 1. The highest BCUT2D eigenvalue weighted by Crippen LogP contribution is 2.38. The smallest absolute Gasteiger partial charge is 0.262 e. The lowest BCUT2D eigenvalue weighted by molar-refractivity contribution is -0.112. The van der Waals surface area contributed by atoms with Crippen LogP contribution in [0.15, 0.2) is 82.6 Å². The van der Waals surface area contributed by atoms with Crippen molar-refractivity contribution in [2.45, 2.75) is 11.5 Å². The van der Waals surface area contributed by atoms with Crippen molar-refractivity contribution >= 4 is 41.0 Å². The van der Waals surface area contributed by atoms with Crippen LogP contribution in [0.4, 0.5) is 5.69 Å². The van der Waals surface area contributed by atoms with Crippen LogP contribution in [0, 0.1) is 0 Å². The highest BCUT2D eigenvalue weighted by atomic mass is 35.5. The van der Waals surface area contributed by atoms with E-state index in [-0.39, 0.29) is 5.91 Å². The first-order valence-electron chi connectivity index (χ1n) is 8.45. The monoisotopic (exact) mass is 393 g/mol. The van der Waals surface area contributed by atoms with E-state index in [1.54, 1.807) is 0 Å². The number of hydrogen-bond donors (Lipinski definition) is 1. The largest absolute Gasteiger partial charge is 0.489 e. The van der Waals surface area contributed by atoms with E-state index >= 15 is 0 Å². The summed E-state index contributed by atoms with van der Waals surface area (Å²) in [5.41, 5.74) is 2.74. The van der Waals surface area contributed by atoms with Crippen LogP contribution in [0.3, 0.4) is 0 Å². The molecule has 4 rings (SSSR count). The van der Waals surface area contributed by atoms with Crippen molar-refractivity contribution in [3.8, 4) is 5.75 Å². The molecule has 1 aliphatic heterocycles. The number of thioether (sulfide) groups is 1. The standard InChI is InChI=1S/C22H16ClNO2S/c23-18-6-2-1-5-16(18)14-26-17-11-9-15(10-12-17)13-21-22(25)24-19-7-3-4-8-20(19)27-21/h1-13H,14H2,(H,24,25)/b21-13-. The molecule has 0 radical (unpaired) electrons. The number of hydrogen-bond acceptors (Lipinski definition) is 3. The molecule has 3 nitrogen and oxygen atoms in total. The molecule has 27 heavy (non-hydrogen) atoms. The van der Waals surface area contributed by atoms with E-state index < -0.39 is 0 Å². The van der Waals surface area contributed by atoms with E-state index in [0.29, 0.717) is 16.5 Å². The molecule has 0 saturated heterocycles. The molecule has 134 valence electrons. The quantitative estimate of drug-likeness (QED) is 0.552. The lowest BCUT2D eigenvalue weighted by Crippen LogP contribution is -2.17. The summed E-state index contributed by atoms with van der Waals surface area (Å²) < 4.78 is 5.80. The Kier molecular flexibility index (Phi) is 5.19. The first-order chi connectivity index (χ1) is 13.2. The van der Waals surface area contributed by atoms with Gasteiger partial charge in [-0.15, -0.1) is 0 Å². The Labute approximate surface area is 167 Å². The summed E-state index contributed by atoms with van der Waals surface area (Å²) in [5.74, 6) is 0.668. The van der Waals surface area contributed by atoms with Gasteiger partial charge < -0.3 is 10.1 Å². The molecule has 1 amide bonds. The summed E-state index contributed by atoms with van der Waals surface area (Å²) in [6, 6.07) is 23.1. The number of rotatable bonds is 4. The summed E-state index contributed by atoms with van der Waals surface area (Å²) >= 11 is 7.62. The van der Waals surface area contributed by atoms with Gasteiger partial charge in [0.05, 0.1) is 10.6 Å². The van der Waals surface area contributed by atoms with Crippen molar-refractivity contribution in [1.82, 2.24) is 0 Å². The molecule has 0 atom stereocenters. The second kappa shape index (κ2) is 7.91. The Bertz CT molecular complexity index is 1010. The van der Waals surface area contributed by atoms with Crippen LogP contribution < -0.4 is 10.1 Å². The predicted octanol–water partition coefficient (Wildman–Crippen LogP) is 6.00. The fourth-order valence-corrected chi connectivity index (χ4v) is 3.83. The molecule has 0 unspecified atom stereocenters. The molecule has 1 aliphatic rings. The van der Waals surface area contributed by atoms with Crippen molar-refractivity contribution in [2.75, 3.05) is 5.32 Å². The van der Waals surface area contributed by atoms with E-state index in [0.717, 1.165) is 27.5 Å². The molecule has 0 aromatic heterocycles. The maximum Gasteiger partial charge on any atom is 0.262 e. The molecular weight excluding hydrogens is 378 g/mol. The number of carbonyl (C=O) groups is 1. The van der Waals surface area contributed by atoms with Gasteiger partial charge in [0.1, 0.15) is 12.4 Å². The van der Waals surface area contributed by atoms with E-state index in [9.17, 15) is 4.79 Å². The summed E-state index contributed by atoms with van der Waals surface area (Å²) in [7, 11) is 0. The number of carbonyl (C=O) groups excluding carboxylic acids is 1. The third-order valence-electron chi connectivity index (χ3n) is 4.11. The van der Waals surface area contributed by atoms with Gasteiger partial charge in [-0.1, -0.05) is 65.8 Å². The van der Waals surface area contributed by atoms with Crippen molar-refractivity contribution in [3.05, 3.63) is 93.9 Å². The van der Waals surface area contributed by atoms with Crippen molar-refractivity contribution < 1.29 is 9.53 Å². The Morgan fingerprint density at radius 2 is 1.70 bits per heavy atom. The van der Waals surface area contributed by atoms with E-state index in [1.165, 1.54) is 11.8 Å². The zero-order valence-electron chi connectivity index (χ0n) is 14.3. The first-order valence-corrected chi connectivity index (χ1v) is 9.65. The van der Waals surface area contributed by atoms with Crippen LogP contribution in [0.1, 0.15) is 11.1 Å². The van der Waals surface area contributed by atoms with E-state index in [4.69, 9.17) is 16.3 Å². The molecule has 0 saturated carbocycles. The summed E-state index contributed by atoms with van der Waals surface area (Å²) in [5, 5.41) is 3.61. The number of fused-ring (bicyclic) bond motifs is 1. The van der Waals surface area contributed by atoms with Crippen LogP contribution in [-0.2, 0) is 11.4 Å². The van der Waals surface area contributed by atoms with Gasteiger partial charge in [0.15, 0.2) is 0 Å². The second-order valence-electron chi connectivity index (χ2n) is 6.01. The third kappa shape index (κ3) is 4.18. The average molecular weight is 394 g/mol. The van der Waals surface area contributed by atoms with Crippen LogP contribution in [0.2, 0.25) is 5.02 Å². The summed E-state index contributed by atoms with van der Waals surface area (Å²) in [6.45, 7) is 0.412. The molecule has 0 spiro atoms. The molecule has 1 N–H and O–H groups in total. The molecular formula is C22H16ClNO2S. The summed E-state index contributed by atoms with van der Waals surface area (Å²) in [4.78, 5) is 14.0. The number of halogens is 1. The number of benzene rings is 3. The van der Waals surface area contributed by atoms with Gasteiger partial charge in [0.25, 0.3) is 5.91 Å². The fourth-order valence-electron chi connectivity index (χ4n) is 2.69. The van der Waals surface area contributed by atoms with Gasteiger partial charge in [-0.2, -0.15) is 0 Å². The van der Waals surface area contributed by atoms with Gasteiger partial charge in [0, 0.05) is 15.5 Å². The zero-order valence-corrected chi connectivity index (χ0v) is 15.9. The second-order valence-corrected chi connectivity index (χ2v) is 7.50. The van der Waals surface area contributed by atoms with Crippen LogP contribution in [-0.4, -0.2) is 5.91 Å². The molecule has 0 bridgehead atoms. The Hall–Kier alpha value is -2.69. The van der Waals surface area contributed by atoms with Crippen LogP contribution in [0.25, 0.3) is 6.08 Å². The van der Waals surface area contributed by atoms with E-state index in [2.05, 4.69) is 5.32 Å². The van der Waals surface area contributed by atoms with Gasteiger partial charge in [-0.05, 0) is 42.0 Å². The zero-order chi connectivity index (χ0) is 18.6. The highest BCUT2D eigenvalue weighted by molar-refractivity contribution is 8.04. The lowest BCUT2D eigenvalue weighted by Gasteiger charge is -2.18. The maximum absolute atomic E-state index is 12.3. The molecule has 0 fully saturated rings. The molecule has 5 heteroatoms. The van der Waals surface area contributed by atoms with Crippen LogP contribution in [0.5, 0.6) is 5.75 Å². The first kappa shape index (κ1) is 17.7. The Morgan fingerprint density at radius 3 is 2.52 bits per heavy atom. The Balaban J connectivity index is 1.46. The predicted molar refractivity (Wildman–Crippen MR) is 111 cm³/mol. The minimum Gasteiger partial charge on any atom is -0.489 e. The number of para-hydroxylation sites is 1. The number of nitrogens with one attached hydrogen (secondary N) is 1. The van der Waals surface area contributed by atoms with Gasteiger partial charge >= 0.3 is 0 Å². The topological polar surface area (TPSA) is 38.3 Å². The maximum atomic E-state index is 12.3. The van der Waals surface area contributed by atoms with Gasteiger partial charge in [0.2, 0.25) is 0 Å². The minimum absolute atomic E-state index is 0.0854. The normalized spacial score (nSPS) is 14.6. The Morgan fingerprint density at radius 1 is 0.963 bits per heavy atom. The van der Waals surface area contributed by atoms with E-state index in [1.807, 2.05) is 78.9 Å². The molecule has 3 aromatic rings. The fraction of sp³-hybridized carbons (Fsp3) is 0.0455. The SMILES string of the molecule is O=C1Nc2ccccc2S/C1=C\c1ccc(OCc2ccccc2Cl)cc1. The van der Waals surface area contributed by atoms with Gasteiger partial charge in [-0.3, -0.25) is 4.79 Å². The van der Waals surface area contributed by atoms with Crippen molar-refractivity contribution in [2.24, 2.45) is 0 Å². The molecule has 0 aliphatic carbocycles. The minimum atomic E-state index is -0.0854. The van der Waals surface area contributed by atoms with Crippen LogP contribution >= 0.6 is 23.4 Å². The molecule has 3 aromatic carbocycles. The summed E-state index contributed by atoms with van der Waals surface area (Å²) in [6.07, 6.45) is 1.88.